The highest BCUT2D eigenvalue weighted by molar-refractivity contribution is 7.10. The van der Waals surface area contributed by atoms with E-state index in [1.165, 1.54) is 23.3 Å². The van der Waals surface area contributed by atoms with E-state index in [0.29, 0.717) is 22.9 Å². The maximum atomic E-state index is 12.3. The number of nitrogens with zero attached hydrogens (tertiary/aromatic N) is 2. The average molecular weight is 351 g/mol. The molecular weight excluding hydrogens is 330 g/mol. The van der Waals surface area contributed by atoms with Crippen molar-refractivity contribution in [1.29, 1.82) is 0 Å². The summed E-state index contributed by atoms with van der Waals surface area (Å²) in [6, 6.07) is 1.30. The first kappa shape index (κ1) is 18.0. The minimum Gasteiger partial charge on any atom is -0.465 e. The fourth-order valence-electron chi connectivity index (χ4n) is 2.20. The Balaban J connectivity index is 2.04. The largest absolute Gasteiger partial charge is 0.465 e. The number of amides is 2. The van der Waals surface area contributed by atoms with Crippen molar-refractivity contribution in [2.45, 2.75) is 33.2 Å². The lowest BCUT2D eigenvalue weighted by molar-refractivity contribution is 0.0598. The van der Waals surface area contributed by atoms with E-state index >= 15 is 0 Å². The molecule has 0 saturated carbocycles. The van der Waals surface area contributed by atoms with Gasteiger partial charge in [0.1, 0.15) is 22.9 Å². The van der Waals surface area contributed by atoms with Crippen molar-refractivity contribution in [3.8, 4) is 0 Å². The van der Waals surface area contributed by atoms with E-state index < -0.39 is 5.97 Å². The van der Waals surface area contributed by atoms with Gasteiger partial charge in [-0.25, -0.2) is 14.6 Å². The number of urea groups is 1. The summed E-state index contributed by atoms with van der Waals surface area (Å²) in [6.07, 6.45) is 0. The Kier molecular flexibility index (Phi) is 5.61. The highest BCUT2D eigenvalue weighted by Crippen LogP contribution is 2.27. The number of carbonyl (C=O) groups excluding carboxylic acids is 2. The lowest BCUT2D eigenvalue weighted by Gasteiger charge is -2.16. The predicted octanol–water partition coefficient (Wildman–Crippen LogP) is 3.62. The quantitative estimate of drug-likeness (QED) is 0.832. The minimum absolute atomic E-state index is 0.227. The smallest absolute Gasteiger partial charge is 0.341 e. The SMILES string of the molecule is COC(=O)c1cc(CN(C)C(=O)Nc2ncsc2C(C)C)oc1C. The standard InChI is InChI=1S/C16H21N3O4S/c1-9(2)13-14(17-8-24-13)18-16(21)19(4)7-11-6-12(10(3)23-11)15(20)22-5/h6,8-9H,7H2,1-5H3,(H,18,21). The minimum atomic E-state index is -0.460. The van der Waals surface area contributed by atoms with Gasteiger partial charge in [0, 0.05) is 7.05 Å². The van der Waals surface area contributed by atoms with Crippen molar-refractivity contribution in [2.24, 2.45) is 0 Å². The zero-order valence-corrected chi connectivity index (χ0v) is 15.2. The number of furan rings is 1. The van der Waals surface area contributed by atoms with Crippen molar-refractivity contribution >= 4 is 29.2 Å². The molecule has 0 atom stereocenters. The van der Waals surface area contributed by atoms with Crippen LogP contribution in [0.15, 0.2) is 16.0 Å². The first-order valence-electron chi connectivity index (χ1n) is 7.46. The summed E-state index contributed by atoms with van der Waals surface area (Å²) in [7, 11) is 2.96. The maximum absolute atomic E-state index is 12.3. The number of anilines is 1. The molecule has 2 aromatic rings. The Labute approximate surface area is 144 Å². The third-order valence-electron chi connectivity index (χ3n) is 3.46. The van der Waals surface area contributed by atoms with E-state index in [9.17, 15) is 9.59 Å². The summed E-state index contributed by atoms with van der Waals surface area (Å²) in [4.78, 5) is 30.6. The number of methoxy groups -OCH3 is 1. The van der Waals surface area contributed by atoms with Gasteiger partial charge in [-0.3, -0.25) is 5.32 Å². The number of carbonyl (C=O) groups is 2. The van der Waals surface area contributed by atoms with Gasteiger partial charge in [-0.2, -0.15) is 0 Å². The Morgan fingerprint density at radius 2 is 2.17 bits per heavy atom. The summed E-state index contributed by atoms with van der Waals surface area (Å²) in [5.74, 6) is 1.38. The van der Waals surface area contributed by atoms with Crippen LogP contribution < -0.4 is 5.32 Å². The highest BCUT2D eigenvalue weighted by atomic mass is 32.1. The van der Waals surface area contributed by atoms with E-state index in [4.69, 9.17) is 4.42 Å². The molecule has 24 heavy (non-hydrogen) atoms. The number of hydrogen-bond acceptors (Lipinski definition) is 6. The van der Waals surface area contributed by atoms with Crippen LogP contribution in [0.4, 0.5) is 10.6 Å². The number of ether oxygens (including phenoxy) is 1. The topological polar surface area (TPSA) is 84.7 Å². The molecule has 0 saturated heterocycles. The van der Waals surface area contributed by atoms with Crippen molar-refractivity contribution < 1.29 is 18.7 Å². The number of aryl methyl sites for hydroxylation is 1. The molecule has 2 rings (SSSR count). The molecule has 0 aliphatic carbocycles. The third-order valence-corrected chi connectivity index (χ3v) is 4.59. The molecule has 2 heterocycles. The van der Waals surface area contributed by atoms with E-state index in [-0.39, 0.29) is 18.5 Å². The summed E-state index contributed by atoms with van der Waals surface area (Å²) < 4.78 is 10.2. The second kappa shape index (κ2) is 7.48. The van der Waals surface area contributed by atoms with Gasteiger partial charge in [-0.15, -0.1) is 11.3 Å². The molecule has 0 aliphatic rings. The Bertz CT molecular complexity index is 736. The van der Waals surface area contributed by atoms with Gasteiger partial charge in [0.25, 0.3) is 0 Å². The molecule has 0 bridgehead atoms. The third kappa shape index (κ3) is 3.94. The van der Waals surface area contributed by atoms with Gasteiger partial charge in [0.15, 0.2) is 0 Å². The number of hydrogen-bond donors (Lipinski definition) is 1. The first-order valence-corrected chi connectivity index (χ1v) is 8.34. The van der Waals surface area contributed by atoms with Gasteiger partial charge in [0.2, 0.25) is 0 Å². The second-order valence-electron chi connectivity index (χ2n) is 5.68. The van der Waals surface area contributed by atoms with Crippen LogP contribution in [0.5, 0.6) is 0 Å². The lowest BCUT2D eigenvalue weighted by atomic mass is 10.2. The van der Waals surface area contributed by atoms with Gasteiger partial charge in [-0.1, -0.05) is 13.8 Å². The van der Waals surface area contributed by atoms with E-state index in [1.54, 1.807) is 25.5 Å². The molecular formula is C16H21N3O4S. The molecule has 130 valence electrons. The van der Waals surface area contributed by atoms with Crippen LogP contribution in [-0.4, -0.2) is 36.0 Å². The van der Waals surface area contributed by atoms with Crippen LogP contribution >= 0.6 is 11.3 Å². The van der Waals surface area contributed by atoms with Gasteiger partial charge in [0.05, 0.1) is 24.0 Å². The number of aromatic nitrogens is 1. The zero-order chi connectivity index (χ0) is 17.9. The number of thiazole rings is 1. The predicted molar refractivity (Wildman–Crippen MR) is 91.5 cm³/mol. The Morgan fingerprint density at radius 3 is 2.79 bits per heavy atom. The Hall–Kier alpha value is -2.35. The van der Waals surface area contributed by atoms with E-state index in [2.05, 4.69) is 15.0 Å². The second-order valence-corrected chi connectivity index (χ2v) is 6.57. The number of nitrogens with one attached hydrogen (secondary N) is 1. The van der Waals surface area contributed by atoms with E-state index in [1.807, 2.05) is 13.8 Å². The summed E-state index contributed by atoms with van der Waals surface area (Å²) >= 11 is 1.51. The molecule has 7 nitrogen and oxygen atoms in total. The van der Waals surface area contributed by atoms with Crippen molar-refractivity contribution in [1.82, 2.24) is 9.88 Å². The van der Waals surface area contributed by atoms with Crippen LogP contribution in [0.3, 0.4) is 0 Å². The molecule has 0 aliphatic heterocycles. The van der Waals surface area contributed by atoms with Gasteiger partial charge < -0.3 is 14.1 Å². The van der Waals surface area contributed by atoms with Crippen LogP contribution in [0.2, 0.25) is 0 Å². The van der Waals surface area contributed by atoms with Crippen molar-refractivity contribution in [2.75, 3.05) is 19.5 Å². The summed E-state index contributed by atoms with van der Waals surface area (Å²) in [5.41, 5.74) is 2.08. The molecule has 8 heteroatoms. The monoisotopic (exact) mass is 351 g/mol. The normalized spacial score (nSPS) is 10.8. The fourth-order valence-corrected chi connectivity index (χ4v) is 2.95. The number of esters is 1. The molecule has 2 aromatic heterocycles. The highest BCUT2D eigenvalue weighted by Gasteiger charge is 2.19. The number of rotatable bonds is 5. The van der Waals surface area contributed by atoms with Crippen LogP contribution in [0, 0.1) is 6.92 Å². The fraction of sp³-hybridized carbons (Fsp3) is 0.438. The van der Waals surface area contributed by atoms with Crippen LogP contribution in [0.25, 0.3) is 0 Å². The summed E-state index contributed by atoms with van der Waals surface area (Å²) in [6.45, 7) is 6.00. The van der Waals surface area contributed by atoms with Crippen molar-refractivity contribution in [3.05, 3.63) is 33.5 Å². The molecule has 1 N–H and O–H groups in total. The molecule has 0 radical (unpaired) electrons. The molecule has 0 unspecified atom stereocenters. The molecule has 2 amide bonds. The average Bonchev–Trinajstić information content (AvgIpc) is 3.13. The van der Waals surface area contributed by atoms with Crippen LogP contribution in [-0.2, 0) is 11.3 Å². The lowest BCUT2D eigenvalue weighted by Crippen LogP contribution is -2.31. The van der Waals surface area contributed by atoms with E-state index in [0.717, 1.165) is 4.88 Å². The summed E-state index contributed by atoms with van der Waals surface area (Å²) in [5, 5.41) is 2.80. The van der Waals surface area contributed by atoms with Gasteiger partial charge >= 0.3 is 12.0 Å². The molecule has 0 aromatic carbocycles. The first-order chi connectivity index (χ1) is 11.3. The zero-order valence-electron chi connectivity index (χ0n) is 14.4. The maximum Gasteiger partial charge on any atom is 0.341 e. The molecule has 0 fully saturated rings. The van der Waals surface area contributed by atoms with Crippen LogP contribution in [0.1, 0.15) is 46.5 Å². The van der Waals surface area contributed by atoms with Gasteiger partial charge in [-0.05, 0) is 18.9 Å². The van der Waals surface area contributed by atoms with Crippen molar-refractivity contribution in [3.63, 3.8) is 0 Å². The molecule has 0 spiro atoms. The Morgan fingerprint density at radius 1 is 1.46 bits per heavy atom.